The summed E-state index contributed by atoms with van der Waals surface area (Å²) in [5.74, 6) is -0.906. The minimum Gasteiger partial charge on any atom is -0.310 e. The van der Waals surface area contributed by atoms with E-state index in [1.54, 1.807) is 0 Å². The van der Waals surface area contributed by atoms with E-state index in [0.717, 1.165) is 16.9 Å². The maximum absolute atomic E-state index is 12.3. The van der Waals surface area contributed by atoms with Gasteiger partial charge in [0.25, 0.3) is 5.91 Å². The fraction of sp³-hybridized carbons (Fsp3) is 0.125. The number of anilines is 3. The van der Waals surface area contributed by atoms with Gasteiger partial charge in [-0.25, -0.2) is 15.0 Å². The molecule has 0 atom stereocenters. The van der Waals surface area contributed by atoms with Crippen molar-refractivity contribution in [1.29, 1.82) is 0 Å². The lowest BCUT2D eigenvalue weighted by Gasteiger charge is -2.10. The maximum atomic E-state index is 12.3. The van der Waals surface area contributed by atoms with Gasteiger partial charge in [-0.05, 0) is 32.0 Å². The summed E-state index contributed by atoms with van der Waals surface area (Å²) >= 11 is 13.1. The molecule has 2 heterocycles. The van der Waals surface area contributed by atoms with Crippen LogP contribution in [0.5, 0.6) is 0 Å². The lowest BCUT2D eigenvalue weighted by molar-refractivity contribution is -0.383. The van der Waals surface area contributed by atoms with Gasteiger partial charge >= 0.3 is 5.69 Å². The molecule has 0 spiro atoms. The molecule has 0 saturated carbocycles. The van der Waals surface area contributed by atoms with Crippen molar-refractivity contribution >= 4 is 62.9 Å². The number of carbonyl (C=O) groups excluding carboxylic acids is 1. The van der Waals surface area contributed by atoms with Gasteiger partial charge < -0.3 is 5.32 Å². The van der Waals surface area contributed by atoms with Crippen molar-refractivity contribution in [2.45, 2.75) is 13.8 Å². The summed E-state index contributed by atoms with van der Waals surface area (Å²) in [4.78, 5) is 36.2. The smallest absolute Gasteiger partial charge is 0.310 e. The summed E-state index contributed by atoms with van der Waals surface area (Å²) < 4.78 is 0. The molecule has 29 heavy (non-hydrogen) atoms. The second-order valence-corrected chi connectivity index (χ2v) is 7.71. The molecule has 1 amide bonds. The molecule has 0 aliphatic carbocycles. The van der Waals surface area contributed by atoms with E-state index in [9.17, 15) is 14.9 Å². The number of hydrogen-bond donors (Lipinski definition) is 3. The predicted molar refractivity (Wildman–Crippen MR) is 111 cm³/mol. The van der Waals surface area contributed by atoms with Crippen LogP contribution in [0.1, 0.15) is 20.9 Å². The Hall–Kier alpha value is -3.02. The van der Waals surface area contributed by atoms with Crippen LogP contribution in [-0.4, -0.2) is 25.8 Å². The van der Waals surface area contributed by atoms with Gasteiger partial charge in [0.1, 0.15) is 6.33 Å². The van der Waals surface area contributed by atoms with Crippen LogP contribution in [0.15, 0.2) is 24.5 Å². The van der Waals surface area contributed by atoms with Gasteiger partial charge in [0.2, 0.25) is 11.6 Å². The summed E-state index contributed by atoms with van der Waals surface area (Å²) in [5, 5.41) is 15.4. The van der Waals surface area contributed by atoms with E-state index in [-0.39, 0.29) is 22.2 Å². The number of carbonyl (C=O) groups is 1. The van der Waals surface area contributed by atoms with Gasteiger partial charge in [-0.2, -0.15) is 0 Å². The fourth-order valence-corrected chi connectivity index (χ4v) is 3.53. The topological polar surface area (TPSA) is 135 Å². The van der Waals surface area contributed by atoms with Crippen molar-refractivity contribution in [3.63, 3.8) is 0 Å². The van der Waals surface area contributed by atoms with Crippen molar-refractivity contribution in [2.75, 3.05) is 10.7 Å². The van der Waals surface area contributed by atoms with Crippen molar-refractivity contribution in [3.05, 3.63) is 60.8 Å². The van der Waals surface area contributed by atoms with Gasteiger partial charge in [-0.1, -0.05) is 23.2 Å². The minimum absolute atomic E-state index is 0.0694. The molecule has 0 radical (unpaired) electrons. The summed E-state index contributed by atoms with van der Waals surface area (Å²) in [6.45, 7) is 3.72. The SMILES string of the molecule is Cc1nc(Nc2ncnc(NNC(=O)c3ccc(Cl)cc3Cl)c2[N+](=O)[O-])sc1C. The van der Waals surface area contributed by atoms with Crippen LogP contribution in [-0.2, 0) is 0 Å². The molecule has 0 bridgehead atoms. The summed E-state index contributed by atoms with van der Waals surface area (Å²) in [7, 11) is 0. The number of hydrazine groups is 1. The van der Waals surface area contributed by atoms with E-state index in [2.05, 4.69) is 31.1 Å². The van der Waals surface area contributed by atoms with Gasteiger partial charge in [-0.15, -0.1) is 11.3 Å². The zero-order valence-corrected chi connectivity index (χ0v) is 17.3. The van der Waals surface area contributed by atoms with Gasteiger partial charge in [0, 0.05) is 9.90 Å². The first kappa shape index (κ1) is 20.7. The van der Waals surface area contributed by atoms with Crippen LogP contribution < -0.4 is 16.2 Å². The normalized spacial score (nSPS) is 10.5. The molecule has 0 saturated heterocycles. The minimum atomic E-state index is -0.667. The number of thiazole rings is 1. The first-order valence-electron chi connectivity index (χ1n) is 7.98. The number of nitrogens with zero attached hydrogens (tertiary/aromatic N) is 4. The van der Waals surface area contributed by atoms with E-state index in [1.807, 2.05) is 13.8 Å². The highest BCUT2D eigenvalue weighted by Crippen LogP contribution is 2.32. The highest BCUT2D eigenvalue weighted by molar-refractivity contribution is 7.15. The number of halogens is 2. The molecule has 0 aliphatic rings. The third kappa shape index (κ3) is 4.70. The zero-order valence-electron chi connectivity index (χ0n) is 15.0. The Labute approximate surface area is 178 Å². The van der Waals surface area contributed by atoms with Gasteiger partial charge in [0.15, 0.2) is 5.13 Å². The molecule has 1 aromatic carbocycles. The van der Waals surface area contributed by atoms with Crippen LogP contribution in [0.3, 0.4) is 0 Å². The lowest BCUT2D eigenvalue weighted by Crippen LogP contribution is -2.30. The highest BCUT2D eigenvalue weighted by atomic mass is 35.5. The van der Waals surface area contributed by atoms with Crippen molar-refractivity contribution in [1.82, 2.24) is 20.4 Å². The molecular weight excluding hydrogens is 441 g/mol. The summed E-state index contributed by atoms with van der Waals surface area (Å²) in [6.07, 6.45) is 1.12. The lowest BCUT2D eigenvalue weighted by atomic mass is 10.2. The average molecular weight is 454 g/mol. The number of benzene rings is 1. The Bertz CT molecular complexity index is 1090. The zero-order chi connectivity index (χ0) is 21.1. The number of amides is 1. The van der Waals surface area contributed by atoms with Crippen LogP contribution >= 0.6 is 34.5 Å². The molecule has 10 nitrogen and oxygen atoms in total. The fourth-order valence-electron chi connectivity index (χ4n) is 2.22. The van der Waals surface area contributed by atoms with E-state index < -0.39 is 16.5 Å². The number of aromatic nitrogens is 3. The molecule has 150 valence electrons. The van der Waals surface area contributed by atoms with E-state index >= 15 is 0 Å². The summed E-state index contributed by atoms with van der Waals surface area (Å²) in [6, 6.07) is 4.33. The average Bonchev–Trinajstić information content (AvgIpc) is 2.96. The van der Waals surface area contributed by atoms with Crippen molar-refractivity contribution in [2.24, 2.45) is 0 Å². The molecule has 0 aliphatic heterocycles. The molecule has 0 fully saturated rings. The standard InChI is InChI=1S/C16H13Cl2N7O3S/c1-7-8(2)29-16(21-7)22-13-12(25(27)28)14(20-6-19-13)23-24-15(26)10-4-3-9(17)5-11(10)18/h3-6H,1-2H3,(H,24,26)(H2,19,20,21,22,23). The van der Waals surface area contributed by atoms with E-state index in [4.69, 9.17) is 23.2 Å². The Kier molecular flexibility index (Phi) is 6.11. The van der Waals surface area contributed by atoms with Crippen LogP contribution in [0.4, 0.5) is 22.5 Å². The van der Waals surface area contributed by atoms with Crippen LogP contribution in [0, 0.1) is 24.0 Å². The molecule has 3 rings (SSSR count). The highest BCUT2D eigenvalue weighted by Gasteiger charge is 2.24. The van der Waals surface area contributed by atoms with Gasteiger partial charge in [-0.3, -0.25) is 25.8 Å². The summed E-state index contributed by atoms with van der Waals surface area (Å²) in [5.41, 5.74) is 5.24. The first-order chi connectivity index (χ1) is 13.8. The van der Waals surface area contributed by atoms with Gasteiger partial charge in [0.05, 0.1) is 21.2 Å². The number of rotatable bonds is 6. The Morgan fingerprint density at radius 1 is 1.21 bits per heavy atom. The second-order valence-electron chi connectivity index (χ2n) is 5.67. The molecule has 0 unspecified atom stereocenters. The Morgan fingerprint density at radius 3 is 2.55 bits per heavy atom. The Balaban J connectivity index is 1.83. The number of nitro groups is 1. The van der Waals surface area contributed by atoms with Crippen molar-refractivity contribution < 1.29 is 9.72 Å². The maximum Gasteiger partial charge on any atom is 0.355 e. The first-order valence-corrected chi connectivity index (χ1v) is 9.55. The van der Waals surface area contributed by atoms with Crippen LogP contribution in [0.2, 0.25) is 10.0 Å². The van der Waals surface area contributed by atoms with Crippen molar-refractivity contribution in [3.8, 4) is 0 Å². The molecule has 3 N–H and O–H groups in total. The number of hydrogen-bond acceptors (Lipinski definition) is 9. The quantitative estimate of drug-likeness (QED) is 0.371. The monoisotopic (exact) mass is 453 g/mol. The third-order valence-electron chi connectivity index (χ3n) is 3.73. The molecule has 2 aromatic heterocycles. The molecule has 13 heteroatoms. The van der Waals surface area contributed by atoms with E-state index in [1.165, 1.54) is 29.5 Å². The third-order valence-corrected chi connectivity index (χ3v) is 5.27. The Morgan fingerprint density at radius 2 is 1.93 bits per heavy atom. The van der Waals surface area contributed by atoms with E-state index in [0.29, 0.717) is 10.2 Å². The number of nitrogens with one attached hydrogen (secondary N) is 3. The predicted octanol–water partition coefficient (Wildman–Crippen LogP) is 4.27. The number of aryl methyl sites for hydroxylation is 2. The molecular formula is C16H13Cl2N7O3S. The molecule has 3 aromatic rings. The largest absolute Gasteiger partial charge is 0.355 e. The van der Waals surface area contributed by atoms with Crippen LogP contribution in [0.25, 0.3) is 0 Å². The second kappa shape index (κ2) is 8.55.